The van der Waals surface area contributed by atoms with Gasteiger partial charge in [-0.05, 0) is 24.3 Å². The average molecular weight is 421 g/mol. The molecule has 164 valence electrons. The monoisotopic (exact) mass is 420 g/mol. The summed E-state index contributed by atoms with van der Waals surface area (Å²) in [6.07, 6.45) is 8.34. The van der Waals surface area contributed by atoms with Gasteiger partial charge in [0.15, 0.2) is 17.0 Å². The van der Waals surface area contributed by atoms with Crippen molar-refractivity contribution in [1.82, 2.24) is 24.4 Å². The van der Waals surface area contributed by atoms with E-state index in [0.717, 1.165) is 73.7 Å². The molecule has 1 saturated heterocycles. The van der Waals surface area contributed by atoms with Crippen molar-refractivity contribution in [1.29, 1.82) is 0 Å². The van der Waals surface area contributed by atoms with Gasteiger partial charge in [-0.1, -0.05) is 43.5 Å². The van der Waals surface area contributed by atoms with E-state index in [1.165, 1.54) is 37.7 Å². The lowest BCUT2D eigenvalue weighted by molar-refractivity contribution is 0.0342. The van der Waals surface area contributed by atoms with Crippen LogP contribution in [0, 0.1) is 5.92 Å². The van der Waals surface area contributed by atoms with E-state index in [-0.39, 0.29) is 0 Å². The van der Waals surface area contributed by atoms with Crippen LogP contribution < -0.4 is 5.32 Å². The largest absolute Gasteiger partial charge is 0.379 e. The minimum Gasteiger partial charge on any atom is -0.379 e. The van der Waals surface area contributed by atoms with E-state index in [9.17, 15) is 0 Å². The van der Waals surface area contributed by atoms with Crippen molar-refractivity contribution in [3.05, 3.63) is 36.2 Å². The van der Waals surface area contributed by atoms with Crippen LogP contribution in [0.4, 0.5) is 5.82 Å². The van der Waals surface area contributed by atoms with Gasteiger partial charge in [-0.2, -0.15) is 0 Å². The predicted molar refractivity (Wildman–Crippen MR) is 123 cm³/mol. The molecule has 5 rings (SSSR count). The second kappa shape index (κ2) is 9.32. The van der Waals surface area contributed by atoms with Gasteiger partial charge in [0.1, 0.15) is 12.2 Å². The molecule has 0 spiro atoms. The highest BCUT2D eigenvalue weighted by atomic mass is 16.5. The zero-order chi connectivity index (χ0) is 21.0. The SMILES string of the molecule is Cn1c(-c2ccc(CN3CCOCC3)cc2)nc2c(NCC3CCCCC3)ncnc21. The Morgan fingerprint density at radius 1 is 1.03 bits per heavy atom. The van der Waals surface area contributed by atoms with Gasteiger partial charge >= 0.3 is 0 Å². The highest BCUT2D eigenvalue weighted by molar-refractivity contribution is 5.86. The zero-order valence-corrected chi connectivity index (χ0v) is 18.4. The minimum atomic E-state index is 0.737. The molecule has 0 bridgehead atoms. The second-order valence-corrected chi connectivity index (χ2v) is 8.86. The number of aryl methyl sites for hydroxylation is 1. The topological polar surface area (TPSA) is 68.1 Å². The van der Waals surface area contributed by atoms with Crippen molar-refractivity contribution in [3.8, 4) is 11.4 Å². The maximum atomic E-state index is 5.45. The summed E-state index contributed by atoms with van der Waals surface area (Å²) < 4.78 is 7.52. The van der Waals surface area contributed by atoms with Crippen LogP contribution in [-0.2, 0) is 18.3 Å². The van der Waals surface area contributed by atoms with E-state index < -0.39 is 0 Å². The molecule has 7 heteroatoms. The van der Waals surface area contributed by atoms with Gasteiger partial charge in [-0.15, -0.1) is 0 Å². The van der Waals surface area contributed by atoms with Crippen molar-refractivity contribution in [2.75, 3.05) is 38.2 Å². The molecule has 1 aliphatic heterocycles. The molecule has 0 atom stereocenters. The van der Waals surface area contributed by atoms with Crippen LogP contribution in [0.2, 0.25) is 0 Å². The Bertz CT molecular complexity index is 1000. The number of nitrogens with one attached hydrogen (secondary N) is 1. The maximum absolute atomic E-state index is 5.45. The van der Waals surface area contributed by atoms with E-state index in [0.29, 0.717) is 0 Å². The average Bonchev–Trinajstić information content (AvgIpc) is 3.17. The van der Waals surface area contributed by atoms with Crippen molar-refractivity contribution in [2.45, 2.75) is 38.6 Å². The van der Waals surface area contributed by atoms with Crippen LogP contribution in [-0.4, -0.2) is 57.3 Å². The highest BCUT2D eigenvalue weighted by Crippen LogP contribution is 2.28. The van der Waals surface area contributed by atoms with Crippen LogP contribution in [0.5, 0.6) is 0 Å². The molecule has 0 unspecified atom stereocenters. The number of imidazole rings is 1. The number of ether oxygens (including phenoxy) is 1. The molecule has 2 aromatic heterocycles. The van der Waals surface area contributed by atoms with Crippen LogP contribution in [0.3, 0.4) is 0 Å². The summed E-state index contributed by atoms with van der Waals surface area (Å²) in [6.45, 7) is 5.59. The summed E-state index contributed by atoms with van der Waals surface area (Å²) in [6, 6.07) is 8.75. The molecule has 31 heavy (non-hydrogen) atoms. The van der Waals surface area contributed by atoms with Crippen LogP contribution >= 0.6 is 0 Å². The molecule has 7 nitrogen and oxygen atoms in total. The number of rotatable bonds is 6. The molecule has 3 aromatic rings. The Morgan fingerprint density at radius 2 is 1.81 bits per heavy atom. The summed E-state index contributed by atoms with van der Waals surface area (Å²) in [5.74, 6) is 2.51. The fraction of sp³-hybridized carbons (Fsp3) is 0.542. The van der Waals surface area contributed by atoms with Crippen molar-refractivity contribution >= 4 is 17.0 Å². The molecule has 3 heterocycles. The van der Waals surface area contributed by atoms with Gasteiger partial charge in [-0.3, -0.25) is 4.90 Å². The third kappa shape index (κ3) is 4.57. The Morgan fingerprint density at radius 3 is 2.58 bits per heavy atom. The molecule has 2 fully saturated rings. The highest BCUT2D eigenvalue weighted by Gasteiger charge is 2.18. The quantitative estimate of drug-likeness (QED) is 0.653. The smallest absolute Gasteiger partial charge is 0.165 e. The van der Waals surface area contributed by atoms with Gasteiger partial charge in [0.2, 0.25) is 0 Å². The lowest BCUT2D eigenvalue weighted by atomic mass is 9.89. The third-order valence-corrected chi connectivity index (χ3v) is 6.66. The Hall–Kier alpha value is -2.51. The van der Waals surface area contributed by atoms with Crippen molar-refractivity contribution < 1.29 is 4.74 Å². The first kappa shape index (κ1) is 20.4. The van der Waals surface area contributed by atoms with Gasteiger partial charge in [0, 0.05) is 38.8 Å². The first-order valence-electron chi connectivity index (χ1n) is 11.6. The van der Waals surface area contributed by atoms with E-state index in [2.05, 4.69) is 49.0 Å². The van der Waals surface area contributed by atoms with Gasteiger partial charge in [0.05, 0.1) is 13.2 Å². The van der Waals surface area contributed by atoms with E-state index >= 15 is 0 Å². The molecule has 0 radical (unpaired) electrons. The third-order valence-electron chi connectivity index (χ3n) is 6.66. The standard InChI is InChI=1S/C24H32N6O/c1-29-23(20-9-7-19(8-10-20)16-30-11-13-31-14-12-30)28-21-22(26-17-27-24(21)29)25-15-18-5-3-2-4-6-18/h7-10,17-18H,2-6,11-16H2,1H3,(H,25,26,27). The van der Waals surface area contributed by atoms with Gasteiger partial charge in [-0.25, -0.2) is 15.0 Å². The number of aromatic nitrogens is 4. The number of benzene rings is 1. The van der Waals surface area contributed by atoms with Crippen LogP contribution in [0.1, 0.15) is 37.7 Å². The summed E-state index contributed by atoms with van der Waals surface area (Å²) in [7, 11) is 2.03. The number of nitrogens with zero attached hydrogens (tertiary/aromatic N) is 5. The van der Waals surface area contributed by atoms with E-state index in [4.69, 9.17) is 9.72 Å². The first-order valence-corrected chi connectivity index (χ1v) is 11.6. The molecule has 0 amide bonds. The summed E-state index contributed by atoms with van der Waals surface area (Å²) >= 11 is 0. The Labute approximate surface area is 183 Å². The van der Waals surface area contributed by atoms with Crippen LogP contribution in [0.15, 0.2) is 30.6 Å². The van der Waals surface area contributed by atoms with Crippen LogP contribution in [0.25, 0.3) is 22.6 Å². The van der Waals surface area contributed by atoms with Crippen molar-refractivity contribution in [3.63, 3.8) is 0 Å². The molecule has 1 N–H and O–H groups in total. The molecule has 2 aliphatic rings. The van der Waals surface area contributed by atoms with Crippen molar-refractivity contribution in [2.24, 2.45) is 13.0 Å². The fourth-order valence-corrected chi connectivity index (χ4v) is 4.80. The number of hydrogen-bond donors (Lipinski definition) is 1. The molecule has 1 saturated carbocycles. The zero-order valence-electron chi connectivity index (χ0n) is 18.4. The Balaban J connectivity index is 1.34. The summed E-state index contributed by atoms with van der Waals surface area (Å²) in [4.78, 5) is 16.4. The van der Waals surface area contributed by atoms with Gasteiger partial charge < -0.3 is 14.6 Å². The number of fused-ring (bicyclic) bond motifs is 1. The lowest BCUT2D eigenvalue weighted by Crippen LogP contribution is -2.35. The van der Waals surface area contributed by atoms with E-state index in [1.807, 2.05) is 7.05 Å². The molecule has 1 aromatic carbocycles. The molecular formula is C24H32N6O. The fourth-order valence-electron chi connectivity index (χ4n) is 4.80. The normalized spacial score (nSPS) is 18.5. The first-order chi connectivity index (χ1) is 15.3. The maximum Gasteiger partial charge on any atom is 0.165 e. The van der Waals surface area contributed by atoms with Gasteiger partial charge in [0.25, 0.3) is 0 Å². The molecule has 1 aliphatic carbocycles. The number of hydrogen-bond acceptors (Lipinski definition) is 6. The summed E-state index contributed by atoms with van der Waals surface area (Å²) in [5, 5.41) is 3.56. The minimum absolute atomic E-state index is 0.737. The second-order valence-electron chi connectivity index (χ2n) is 8.86. The predicted octanol–water partition coefficient (Wildman–Crippen LogP) is 3.85. The number of anilines is 1. The summed E-state index contributed by atoms with van der Waals surface area (Å²) in [5.41, 5.74) is 4.14. The lowest BCUT2D eigenvalue weighted by Gasteiger charge is -2.26. The Kier molecular flexibility index (Phi) is 6.13. The number of morpholine rings is 1. The molecular weight excluding hydrogens is 388 g/mol. The van der Waals surface area contributed by atoms with E-state index in [1.54, 1.807) is 6.33 Å².